The molecule has 1 atom stereocenters. The molecule has 0 fully saturated rings. The minimum atomic E-state index is -0.736. The summed E-state index contributed by atoms with van der Waals surface area (Å²) in [6.07, 6.45) is 2.48. The highest BCUT2D eigenvalue weighted by atomic mass is 35.5. The second-order valence-corrected chi connectivity index (χ2v) is 3.92. The predicted molar refractivity (Wildman–Crippen MR) is 54.2 cm³/mol. The number of nitrogens with two attached hydrogens (primary N) is 1. The Hall–Kier alpha value is -0.580. The van der Waals surface area contributed by atoms with E-state index >= 15 is 0 Å². The second kappa shape index (κ2) is 3.88. The average Bonchev–Trinajstić information content (AvgIpc) is 2.56. The van der Waals surface area contributed by atoms with Crippen molar-refractivity contribution in [3.63, 3.8) is 0 Å². The summed E-state index contributed by atoms with van der Waals surface area (Å²) < 4.78 is 1.97. The summed E-state index contributed by atoms with van der Waals surface area (Å²) in [5.74, 6) is 0.976. The summed E-state index contributed by atoms with van der Waals surface area (Å²) in [5.41, 5.74) is 5.91. The highest BCUT2D eigenvalue weighted by molar-refractivity contribution is 6.30. The molecule has 4 nitrogen and oxygen atoms in total. The molecule has 0 amide bonds. The van der Waals surface area contributed by atoms with E-state index in [9.17, 15) is 5.11 Å². The van der Waals surface area contributed by atoms with Crippen molar-refractivity contribution in [2.75, 3.05) is 6.54 Å². The first-order valence-corrected chi connectivity index (χ1v) is 5.24. The van der Waals surface area contributed by atoms with E-state index in [2.05, 4.69) is 4.98 Å². The fourth-order valence-corrected chi connectivity index (χ4v) is 2.14. The van der Waals surface area contributed by atoms with Gasteiger partial charge in [0.2, 0.25) is 0 Å². The van der Waals surface area contributed by atoms with Crippen LogP contribution in [0.1, 0.15) is 30.5 Å². The van der Waals surface area contributed by atoms with Gasteiger partial charge in [-0.3, -0.25) is 0 Å². The number of fused-ring (bicyclic) bond motifs is 1. The van der Waals surface area contributed by atoms with Crippen LogP contribution in [-0.2, 0) is 13.0 Å². The van der Waals surface area contributed by atoms with E-state index in [1.807, 2.05) is 4.57 Å². The Morgan fingerprint density at radius 2 is 2.36 bits per heavy atom. The quantitative estimate of drug-likeness (QED) is 0.770. The maximum atomic E-state index is 9.57. The molecule has 5 heteroatoms. The van der Waals surface area contributed by atoms with Crippen LogP contribution in [-0.4, -0.2) is 21.2 Å². The summed E-state index contributed by atoms with van der Waals surface area (Å²) >= 11 is 6.10. The Bertz CT molecular complexity index is 337. The van der Waals surface area contributed by atoms with Gasteiger partial charge in [-0.2, -0.15) is 0 Å². The van der Waals surface area contributed by atoms with Gasteiger partial charge in [-0.25, -0.2) is 4.98 Å². The second-order valence-electron chi connectivity index (χ2n) is 3.56. The Kier molecular flexibility index (Phi) is 2.76. The van der Waals surface area contributed by atoms with Gasteiger partial charge in [-0.05, 0) is 12.8 Å². The third-order valence-electron chi connectivity index (χ3n) is 2.58. The van der Waals surface area contributed by atoms with Crippen LogP contribution in [0.2, 0.25) is 5.15 Å². The van der Waals surface area contributed by atoms with Crippen LogP contribution >= 0.6 is 11.6 Å². The minimum Gasteiger partial charge on any atom is -0.385 e. The molecule has 1 unspecified atom stereocenters. The first-order valence-electron chi connectivity index (χ1n) is 4.87. The topological polar surface area (TPSA) is 64.1 Å². The molecule has 1 aromatic rings. The van der Waals surface area contributed by atoms with E-state index in [1.165, 1.54) is 0 Å². The lowest BCUT2D eigenvalue weighted by molar-refractivity contribution is 0.182. The van der Waals surface area contributed by atoms with Crippen molar-refractivity contribution in [2.24, 2.45) is 5.73 Å². The molecule has 14 heavy (non-hydrogen) atoms. The highest BCUT2D eigenvalue weighted by Gasteiger charge is 2.21. The van der Waals surface area contributed by atoms with Gasteiger partial charge in [0.15, 0.2) is 0 Å². The molecule has 0 radical (unpaired) electrons. The van der Waals surface area contributed by atoms with Crippen LogP contribution in [0.5, 0.6) is 0 Å². The van der Waals surface area contributed by atoms with Gasteiger partial charge in [-0.1, -0.05) is 11.6 Å². The molecule has 1 aliphatic heterocycles. The van der Waals surface area contributed by atoms with Crippen LogP contribution < -0.4 is 5.73 Å². The van der Waals surface area contributed by atoms with Gasteiger partial charge in [0.25, 0.3) is 0 Å². The Morgan fingerprint density at radius 1 is 1.57 bits per heavy atom. The third-order valence-corrected chi connectivity index (χ3v) is 2.98. The monoisotopic (exact) mass is 215 g/mol. The van der Waals surface area contributed by atoms with Crippen molar-refractivity contribution in [1.82, 2.24) is 9.55 Å². The zero-order chi connectivity index (χ0) is 10.1. The fraction of sp³-hybridized carbons (Fsp3) is 0.667. The molecule has 1 aromatic heterocycles. The smallest absolute Gasteiger partial charge is 0.134 e. The fourth-order valence-electron chi connectivity index (χ4n) is 1.79. The standard InChI is InChI=1S/C9H14ClN3O/c10-9-8(6(14)5-11)12-7-3-1-2-4-13(7)9/h6,14H,1-5,11H2. The molecule has 78 valence electrons. The number of imidazole rings is 1. The first kappa shape index (κ1) is 9.96. The lowest BCUT2D eigenvalue weighted by Gasteiger charge is -2.13. The highest BCUT2D eigenvalue weighted by Crippen LogP contribution is 2.27. The predicted octanol–water partition coefficient (Wildman–Crippen LogP) is 0.865. The third kappa shape index (κ3) is 1.54. The summed E-state index contributed by atoms with van der Waals surface area (Å²) in [6, 6.07) is 0. The number of rotatable bonds is 2. The molecule has 0 saturated heterocycles. The molecule has 0 aliphatic carbocycles. The van der Waals surface area contributed by atoms with Crippen molar-refractivity contribution >= 4 is 11.6 Å². The van der Waals surface area contributed by atoms with Crippen molar-refractivity contribution in [3.8, 4) is 0 Å². The molecule has 2 heterocycles. The van der Waals surface area contributed by atoms with Crippen LogP contribution in [0.3, 0.4) is 0 Å². The van der Waals surface area contributed by atoms with Crippen molar-refractivity contribution in [3.05, 3.63) is 16.7 Å². The molecular weight excluding hydrogens is 202 g/mol. The van der Waals surface area contributed by atoms with Crippen molar-refractivity contribution in [2.45, 2.75) is 31.9 Å². The van der Waals surface area contributed by atoms with Crippen LogP contribution in [0.4, 0.5) is 0 Å². The number of hydrogen-bond acceptors (Lipinski definition) is 3. The van der Waals surface area contributed by atoms with E-state index < -0.39 is 6.10 Å². The number of halogens is 1. The van der Waals surface area contributed by atoms with Crippen LogP contribution in [0, 0.1) is 0 Å². The summed E-state index contributed by atoms with van der Waals surface area (Å²) in [5, 5.41) is 10.1. The number of hydrogen-bond donors (Lipinski definition) is 2. The average molecular weight is 216 g/mol. The van der Waals surface area contributed by atoms with E-state index in [-0.39, 0.29) is 6.54 Å². The molecule has 3 N–H and O–H groups in total. The number of nitrogens with zero attached hydrogens (tertiary/aromatic N) is 2. The van der Waals surface area contributed by atoms with E-state index in [1.54, 1.807) is 0 Å². The number of aryl methyl sites for hydroxylation is 1. The lowest BCUT2D eigenvalue weighted by Crippen LogP contribution is -2.12. The lowest BCUT2D eigenvalue weighted by atomic mass is 10.2. The Balaban J connectivity index is 2.38. The van der Waals surface area contributed by atoms with Crippen LogP contribution in [0.25, 0.3) is 0 Å². The van der Waals surface area contributed by atoms with E-state index in [4.69, 9.17) is 17.3 Å². The van der Waals surface area contributed by atoms with Gasteiger partial charge in [0.1, 0.15) is 22.8 Å². The normalized spacial score (nSPS) is 17.9. The first-order chi connectivity index (χ1) is 6.74. The van der Waals surface area contributed by atoms with Gasteiger partial charge in [0.05, 0.1) is 0 Å². The summed E-state index contributed by atoms with van der Waals surface area (Å²) in [4.78, 5) is 4.32. The Morgan fingerprint density at radius 3 is 3.00 bits per heavy atom. The molecule has 1 aliphatic rings. The molecule has 2 rings (SSSR count). The number of aliphatic hydroxyl groups is 1. The summed E-state index contributed by atoms with van der Waals surface area (Å²) in [6.45, 7) is 1.06. The van der Waals surface area contributed by atoms with Crippen molar-refractivity contribution < 1.29 is 5.11 Å². The van der Waals surface area contributed by atoms with Crippen molar-refractivity contribution in [1.29, 1.82) is 0 Å². The van der Waals surface area contributed by atoms with Gasteiger partial charge < -0.3 is 15.4 Å². The molecule has 0 spiro atoms. The summed E-state index contributed by atoms with van der Waals surface area (Å²) in [7, 11) is 0. The SMILES string of the molecule is NCC(O)c1nc2n(c1Cl)CCCC2. The zero-order valence-electron chi connectivity index (χ0n) is 7.91. The van der Waals surface area contributed by atoms with E-state index in [0.29, 0.717) is 10.8 Å². The van der Waals surface area contributed by atoms with Gasteiger partial charge in [0, 0.05) is 19.5 Å². The maximum absolute atomic E-state index is 9.57. The molecule has 0 saturated carbocycles. The number of aromatic nitrogens is 2. The van der Waals surface area contributed by atoms with Crippen LogP contribution in [0.15, 0.2) is 0 Å². The molecular formula is C9H14ClN3O. The Labute approximate surface area is 87.7 Å². The van der Waals surface area contributed by atoms with E-state index in [0.717, 1.165) is 31.6 Å². The van der Waals surface area contributed by atoms with Gasteiger partial charge in [-0.15, -0.1) is 0 Å². The zero-order valence-corrected chi connectivity index (χ0v) is 8.67. The number of aliphatic hydroxyl groups excluding tert-OH is 1. The molecule has 0 aromatic carbocycles. The minimum absolute atomic E-state index is 0.163. The largest absolute Gasteiger partial charge is 0.385 e. The van der Waals surface area contributed by atoms with Gasteiger partial charge >= 0.3 is 0 Å². The molecule has 0 bridgehead atoms. The maximum Gasteiger partial charge on any atom is 0.134 e.